The highest BCUT2D eigenvalue weighted by Crippen LogP contribution is 2.22. The van der Waals surface area contributed by atoms with Crippen LogP contribution in [-0.2, 0) is 0 Å². The molecular formula is C17H13NO2. The van der Waals surface area contributed by atoms with Crippen molar-refractivity contribution in [2.75, 3.05) is 5.32 Å². The number of anilines is 2. The van der Waals surface area contributed by atoms with Gasteiger partial charge in [0, 0.05) is 11.4 Å². The molecule has 0 spiro atoms. The minimum Gasteiger partial charge on any atom is -0.478 e. The topological polar surface area (TPSA) is 49.3 Å². The first kappa shape index (κ1) is 12.2. The van der Waals surface area contributed by atoms with Crippen LogP contribution in [0.1, 0.15) is 10.4 Å². The van der Waals surface area contributed by atoms with Gasteiger partial charge in [0.05, 0.1) is 5.56 Å². The first-order valence-electron chi connectivity index (χ1n) is 6.31. The van der Waals surface area contributed by atoms with Gasteiger partial charge < -0.3 is 10.4 Å². The third kappa shape index (κ3) is 2.47. The zero-order valence-corrected chi connectivity index (χ0v) is 10.7. The molecule has 2 N–H and O–H groups in total. The molecule has 0 unspecified atom stereocenters. The van der Waals surface area contributed by atoms with Crippen LogP contribution >= 0.6 is 0 Å². The quantitative estimate of drug-likeness (QED) is 0.741. The lowest BCUT2D eigenvalue weighted by Gasteiger charge is -2.08. The summed E-state index contributed by atoms with van der Waals surface area (Å²) in [4.78, 5) is 11.0. The molecule has 0 fully saturated rings. The van der Waals surface area contributed by atoms with Gasteiger partial charge in [-0.15, -0.1) is 0 Å². The Hall–Kier alpha value is -2.81. The number of fused-ring (bicyclic) bond motifs is 1. The summed E-state index contributed by atoms with van der Waals surface area (Å²) in [5.41, 5.74) is 1.97. The van der Waals surface area contributed by atoms with Gasteiger partial charge in [0.1, 0.15) is 0 Å². The number of carboxylic acids is 1. The van der Waals surface area contributed by atoms with Gasteiger partial charge in [-0.25, -0.2) is 4.79 Å². The molecule has 0 aromatic heterocycles. The Balaban J connectivity index is 1.92. The Labute approximate surface area is 116 Å². The van der Waals surface area contributed by atoms with Crippen molar-refractivity contribution < 1.29 is 9.90 Å². The molecule has 0 atom stereocenters. The van der Waals surface area contributed by atoms with E-state index in [1.165, 1.54) is 5.39 Å². The van der Waals surface area contributed by atoms with Crippen molar-refractivity contribution in [1.82, 2.24) is 0 Å². The van der Waals surface area contributed by atoms with Gasteiger partial charge in [-0.1, -0.05) is 36.4 Å². The molecule has 0 bridgehead atoms. The normalized spacial score (nSPS) is 10.4. The Morgan fingerprint density at radius 3 is 2.35 bits per heavy atom. The standard InChI is InChI=1S/C17H13NO2/c19-17(20)14-6-3-7-15(11-14)18-16-9-8-12-4-1-2-5-13(12)10-16/h1-11,18H,(H,19,20). The number of hydrogen-bond donors (Lipinski definition) is 2. The summed E-state index contributed by atoms with van der Waals surface area (Å²) in [6, 6.07) is 21.0. The molecule has 0 aliphatic carbocycles. The van der Waals surface area contributed by atoms with Gasteiger partial charge in [0.2, 0.25) is 0 Å². The van der Waals surface area contributed by atoms with E-state index in [1.54, 1.807) is 18.2 Å². The highest BCUT2D eigenvalue weighted by atomic mass is 16.4. The van der Waals surface area contributed by atoms with Gasteiger partial charge in [0.15, 0.2) is 0 Å². The smallest absolute Gasteiger partial charge is 0.335 e. The molecule has 0 saturated heterocycles. The average Bonchev–Trinajstić information content (AvgIpc) is 2.47. The molecule has 0 radical (unpaired) electrons. The van der Waals surface area contributed by atoms with Crippen LogP contribution in [0.3, 0.4) is 0 Å². The van der Waals surface area contributed by atoms with E-state index in [9.17, 15) is 4.79 Å². The van der Waals surface area contributed by atoms with Gasteiger partial charge in [0.25, 0.3) is 0 Å². The monoisotopic (exact) mass is 263 g/mol. The van der Waals surface area contributed by atoms with E-state index in [-0.39, 0.29) is 5.56 Å². The molecule has 0 aliphatic rings. The number of aromatic carboxylic acids is 1. The fourth-order valence-electron chi connectivity index (χ4n) is 2.16. The minimum absolute atomic E-state index is 0.274. The second kappa shape index (κ2) is 5.05. The number of benzene rings is 3. The predicted molar refractivity (Wildman–Crippen MR) is 80.6 cm³/mol. The lowest BCUT2D eigenvalue weighted by Crippen LogP contribution is -1.97. The Morgan fingerprint density at radius 1 is 0.800 bits per heavy atom. The first-order chi connectivity index (χ1) is 9.72. The van der Waals surface area contributed by atoms with E-state index in [1.807, 2.05) is 42.5 Å². The molecule has 3 heteroatoms. The van der Waals surface area contributed by atoms with E-state index in [0.717, 1.165) is 16.8 Å². The molecular weight excluding hydrogens is 250 g/mol. The number of nitrogens with one attached hydrogen (secondary N) is 1. The van der Waals surface area contributed by atoms with Crippen molar-refractivity contribution in [1.29, 1.82) is 0 Å². The van der Waals surface area contributed by atoms with Crippen molar-refractivity contribution in [2.45, 2.75) is 0 Å². The van der Waals surface area contributed by atoms with Crippen molar-refractivity contribution in [2.24, 2.45) is 0 Å². The first-order valence-corrected chi connectivity index (χ1v) is 6.31. The van der Waals surface area contributed by atoms with Gasteiger partial charge in [-0.3, -0.25) is 0 Å². The molecule has 20 heavy (non-hydrogen) atoms. The molecule has 3 rings (SSSR count). The van der Waals surface area contributed by atoms with E-state index >= 15 is 0 Å². The van der Waals surface area contributed by atoms with Crippen LogP contribution < -0.4 is 5.32 Å². The zero-order valence-electron chi connectivity index (χ0n) is 10.7. The largest absolute Gasteiger partial charge is 0.478 e. The highest BCUT2D eigenvalue weighted by molar-refractivity contribution is 5.90. The summed E-state index contributed by atoms with van der Waals surface area (Å²) in [5.74, 6) is -0.924. The van der Waals surface area contributed by atoms with Crippen LogP contribution in [0.15, 0.2) is 66.7 Å². The summed E-state index contributed by atoms with van der Waals surface area (Å²) in [7, 11) is 0. The van der Waals surface area contributed by atoms with E-state index in [2.05, 4.69) is 11.4 Å². The Morgan fingerprint density at radius 2 is 1.55 bits per heavy atom. The predicted octanol–water partition coefficient (Wildman–Crippen LogP) is 4.28. The number of rotatable bonds is 3. The molecule has 0 heterocycles. The fourth-order valence-corrected chi connectivity index (χ4v) is 2.16. The second-order valence-corrected chi connectivity index (χ2v) is 4.57. The molecule has 3 nitrogen and oxygen atoms in total. The van der Waals surface area contributed by atoms with Gasteiger partial charge >= 0.3 is 5.97 Å². The van der Waals surface area contributed by atoms with Crippen LogP contribution in [0.5, 0.6) is 0 Å². The Bertz CT molecular complexity index is 781. The maximum Gasteiger partial charge on any atom is 0.335 e. The van der Waals surface area contributed by atoms with Gasteiger partial charge in [-0.2, -0.15) is 0 Å². The Kier molecular flexibility index (Phi) is 3.09. The fraction of sp³-hybridized carbons (Fsp3) is 0. The van der Waals surface area contributed by atoms with E-state index in [4.69, 9.17) is 5.11 Å². The lowest BCUT2D eigenvalue weighted by molar-refractivity contribution is 0.0697. The summed E-state index contributed by atoms with van der Waals surface area (Å²) < 4.78 is 0. The zero-order chi connectivity index (χ0) is 13.9. The minimum atomic E-state index is -0.924. The van der Waals surface area contributed by atoms with Crippen molar-refractivity contribution in [3.8, 4) is 0 Å². The molecule has 0 saturated carbocycles. The van der Waals surface area contributed by atoms with Crippen LogP contribution in [0, 0.1) is 0 Å². The van der Waals surface area contributed by atoms with Crippen LogP contribution in [0.4, 0.5) is 11.4 Å². The average molecular weight is 263 g/mol. The van der Waals surface area contributed by atoms with Crippen LogP contribution in [0.2, 0.25) is 0 Å². The highest BCUT2D eigenvalue weighted by Gasteiger charge is 2.03. The van der Waals surface area contributed by atoms with Crippen molar-refractivity contribution >= 4 is 28.1 Å². The SMILES string of the molecule is O=C(O)c1cccc(Nc2ccc3ccccc3c2)c1. The third-order valence-corrected chi connectivity index (χ3v) is 3.15. The second-order valence-electron chi connectivity index (χ2n) is 4.57. The number of hydrogen-bond acceptors (Lipinski definition) is 2. The van der Waals surface area contributed by atoms with Crippen LogP contribution in [-0.4, -0.2) is 11.1 Å². The number of carboxylic acid groups (broad SMARTS) is 1. The van der Waals surface area contributed by atoms with Crippen LogP contribution in [0.25, 0.3) is 10.8 Å². The summed E-state index contributed by atoms with van der Waals surface area (Å²) in [6.45, 7) is 0. The molecule has 0 aliphatic heterocycles. The van der Waals surface area contributed by atoms with Crippen molar-refractivity contribution in [3.05, 3.63) is 72.3 Å². The lowest BCUT2D eigenvalue weighted by atomic mass is 10.1. The summed E-state index contributed by atoms with van der Waals surface area (Å²) in [5, 5.41) is 14.5. The molecule has 0 amide bonds. The maximum atomic E-state index is 11.0. The number of carbonyl (C=O) groups is 1. The van der Waals surface area contributed by atoms with E-state index < -0.39 is 5.97 Å². The summed E-state index contributed by atoms with van der Waals surface area (Å²) in [6.07, 6.45) is 0. The molecule has 98 valence electrons. The third-order valence-electron chi connectivity index (χ3n) is 3.15. The molecule has 3 aromatic rings. The molecule has 3 aromatic carbocycles. The van der Waals surface area contributed by atoms with Gasteiger partial charge in [-0.05, 0) is 41.1 Å². The van der Waals surface area contributed by atoms with E-state index in [0.29, 0.717) is 0 Å². The summed E-state index contributed by atoms with van der Waals surface area (Å²) >= 11 is 0. The maximum absolute atomic E-state index is 11.0. The van der Waals surface area contributed by atoms with Crippen molar-refractivity contribution in [3.63, 3.8) is 0 Å².